The van der Waals surface area contributed by atoms with Crippen LogP contribution in [0.5, 0.6) is 0 Å². The van der Waals surface area contributed by atoms with Gasteiger partial charge in [0.15, 0.2) is 5.11 Å². The number of amides is 1. The lowest BCUT2D eigenvalue weighted by Crippen LogP contribution is -2.46. The molecule has 0 radical (unpaired) electrons. The largest absolute Gasteiger partial charge is 0.369 e. The number of halogens is 1. The third-order valence-electron chi connectivity index (χ3n) is 6.11. The van der Waals surface area contributed by atoms with E-state index in [0.717, 1.165) is 54.7 Å². The lowest BCUT2D eigenvalue weighted by Gasteiger charge is -2.36. The minimum Gasteiger partial charge on any atom is -0.369 e. The maximum absolute atomic E-state index is 12.5. The maximum Gasteiger partial charge on any atom is 0.273 e. The number of rotatable bonds is 6. The van der Waals surface area contributed by atoms with Crippen molar-refractivity contribution in [1.82, 2.24) is 10.2 Å². The highest BCUT2D eigenvalue weighted by Gasteiger charge is 2.19. The zero-order valence-electron chi connectivity index (χ0n) is 19.7. The van der Waals surface area contributed by atoms with Crippen molar-refractivity contribution < 1.29 is 9.72 Å². The van der Waals surface area contributed by atoms with Crippen molar-refractivity contribution in [3.05, 3.63) is 98.6 Å². The molecule has 1 aliphatic heterocycles. The van der Waals surface area contributed by atoms with Crippen LogP contribution in [-0.4, -0.2) is 47.0 Å². The van der Waals surface area contributed by atoms with Crippen LogP contribution in [0, 0.1) is 17.0 Å². The van der Waals surface area contributed by atoms with Crippen LogP contribution in [0.3, 0.4) is 0 Å². The fourth-order valence-corrected chi connectivity index (χ4v) is 4.48. The zero-order valence-corrected chi connectivity index (χ0v) is 21.3. The van der Waals surface area contributed by atoms with E-state index in [1.807, 2.05) is 42.5 Å². The Morgan fingerprint density at radius 1 is 1.06 bits per heavy atom. The van der Waals surface area contributed by atoms with Gasteiger partial charge in [0.1, 0.15) is 0 Å². The second kappa shape index (κ2) is 11.5. The van der Waals surface area contributed by atoms with Crippen LogP contribution in [0.2, 0.25) is 5.02 Å². The average Bonchev–Trinajstić information content (AvgIpc) is 2.86. The summed E-state index contributed by atoms with van der Waals surface area (Å²) in [6.45, 7) is 6.17. The van der Waals surface area contributed by atoms with Crippen molar-refractivity contribution in [2.24, 2.45) is 0 Å². The summed E-state index contributed by atoms with van der Waals surface area (Å²) in [5.74, 6) is -0.512. The van der Waals surface area contributed by atoms with E-state index in [1.165, 1.54) is 12.1 Å². The predicted octanol–water partition coefficient (Wildman–Crippen LogP) is 5.01. The summed E-state index contributed by atoms with van der Waals surface area (Å²) >= 11 is 11.6. The Kier molecular flexibility index (Phi) is 8.14. The average molecular weight is 524 g/mol. The summed E-state index contributed by atoms with van der Waals surface area (Å²) in [6, 6.07) is 20.1. The van der Waals surface area contributed by atoms with E-state index in [4.69, 9.17) is 23.8 Å². The van der Waals surface area contributed by atoms with E-state index in [-0.39, 0.29) is 16.4 Å². The molecule has 1 aliphatic rings. The number of hydrogen-bond acceptors (Lipinski definition) is 6. The highest BCUT2D eigenvalue weighted by atomic mass is 35.5. The van der Waals surface area contributed by atoms with E-state index >= 15 is 0 Å². The topological polar surface area (TPSA) is 90.8 Å². The van der Waals surface area contributed by atoms with Crippen LogP contribution in [0.15, 0.2) is 66.7 Å². The predicted molar refractivity (Wildman–Crippen MR) is 147 cm³/mol. The van der Waals surface area contributed by atoms with Crippen molar-refractivity contribution in [2.45, 2.75) is 13.5 Å². The number of benzene rings is 3. The quantitative estimate of drug-likeness (QED) is 0.267. The van der Waals surface area contributed by atoms with Gasteiger partial charge in [-0.15, -0.1) is 0 Å². The van der Waals surface area contributed by atoms with Crippen molar-refractivity contribution in [3.63, 3.8) is 0 Å². The molecule has 0 bridgehead atoms. The molecule has 3 aromatic rings. The Balaban J connectivity index is 1.28. The van der Waals surface area contributed by atoms with Gasteiger partial charge in [-0.05, 0) is 61.1 Å². The van der Waals surface area contributed by atoms with Crippen molar-refractivity contribution >= 4 is 51.9 Å². The van der Waals surface area contributed by atoms with Gasteiger partial charge in [0.25, 0.3) is 11.6 Å². The van der Waals surface area contributed by atoms with Gasteiger partial charge in [0, 0.05) is 66.3 Å². The number of carbonyl (C=O) groups is 1. The monoisotopic (exact) mass is 523 g/mol. The molecule has 1 fully saturated rings. The molecule has 0 aliphatic carbocycles. The summed E-state index contributed by atoms with van der Waals surface area (Å²) < 4.78 is 0. The standard InChI is InChI=1S/C26H26ClN5O3S/c1-18-6-7-19(16-24(18)32(34)35)25(33)29-26(36)28-21-8-10-22(11-9-21)31-14-12-30(13-15-31)17-20-4-2-3-5-23(20)27/h2-11,16H,12-15,17H2,1H3,(H2,28,29,33,36). The molecule has 1 saturated heterocycles. The molecule has 8 nitrogen and oxygen atoms in total. The number of piperazine rings is 1. The number of aryl methyl sites for hydroxylation is 1. The van der Waals surface area contributed by atoms with Crippen LogP contribution in [0.4, 0.5) is 17.1 Å². The molecule has 0 aromatic heterocycles. The Morgan fingerprint density at radius 3 is 2.42 bits per heavy atom. The summed E-state index contributed by atoms with van der Waals surface area (Å²) in [7, 11) is 0. The number of hydrogen-bond donors (Lipinski definition) is 2. The molecular formula is C26H26ClN5O3S. The molecular weight excluding hydrogens is 498 g/mol. The molecule has 1 amide bonds. The van der Waals surface area contributed by atoms with E-state index in [9.17, 15) is 14.9 Å². The summed E-state index contributed by atoms with van der Waals surface area (Å²) in [5, 5.41) is 17.6. The number of nitro groups is 1. The number of thiocarbonyl (C=S) groups is 1. The van der Waals surface area contributed by atoms with Gasteiger partial charge in [-0.2, -0.15) is 0 Å². The van der Waals surface area contributed by atoms with Gasteiger partial charge in [-0.1, -0.05) is 35.9 Å². The SMILES string of the molecule is Cc1ccc(C(=O)NC(=S)Nc2ccc(N3CCN(Cc4ccccc4Cl)CC3)cc2)cc1[N+](=O)[O-]. The molecule has 1 heterocycles. The van der Waals surface area contributed by atoms with Crippen LogP contribution in [0.1, 0.15) is 21.5 Å². The number of nitro benzene ring substituents is 1. The highest BCUT2D eigenvalue weighted by molar-refractivity contribution is 7.80. The third-order valence-corrected chi connectivity index (χ3v) is 6.68. The fourth-order valence-electron chi connectivity index (χ4n) is 4.07. The smallest absolute Gasteiger partial charge is 0.273 e. The third kappa shape index (κ3) is 6.37. The van der Waals surface area contributed by atoms with E-state index in [1.54, 1.807) is 13.0 Å². The number of anilines is 2. The van der Waals surface area contributed by atoms with E-state index < -0.39 is 10.8 Å². The number of carbonyl (C=O) groups excluding carboxylic acids is 1. The zero-order chi connectivity index (χ0) is 25.7. The first-order valence-electron chi connectivity index (χ1n) is 11.5. The van der Waals surface area contributed by atoms with Crippen molar-refractivity contribution in [3.8, 4) is 0 Å². The van der Waals surface area contributed by atoms with E-state index in [2.05, 4.69) is 26.5 Å². The van der Waals surface area contributed by atoms with Gasteiger partial charge in [0.2, 0.25) is 0 Å². The first kappa shape index (κ1) is 25.6. The van der Waals surface area contributed by atoms with Crippen LogP contribution in [-0.2, 0) is 6.54 Å². The molecule has 0 unspecified atom stereocenters. The van der Waals surface area contributed by atoms with Gasteiger partial charge in [-0.3, -0.25) is 25.1 Å². The first-order valence-corrected chi connectivity index (χ1v) is 12.3. The number of nitrogens with one attached hydrogen (secondary N) is 2. The normalized spacial score (nSPS) is 13.8. The van der Waals surface area contributed by atoms with Crippen molar-refractivity contribution in [1.29, 1.82) is 0 Å². The summed E-state index contributed by atoms with van der Waals surface area (Å²) in [6.07, 6.45) is 0. The van der Waals surface area contributed by atoms with Gasteiger partial charge in [0.05, 0.1) is 4.92 Å². The minimum absolute atomic E-state index is 0.109. The maximum atomic E-state index is 12.5. The van der Waals surface area contributed by atoms with Gasteiger partial charge in [-0.25, -0.2) is 0 Å². The molecule has 0 spiro atoms. The Morgan fingerprint density at radius 2 is 1.75 bits per heavy atom. The molecule has 0 atom stereocenters. The van der Waals surface area contributed by atoms with Crippen molar-refractivity contribution in [2.75, 3.05) is 36.4 Å². The number of nitrogens with zero attached hydrogens (tertiary/aromatic N) is 3. The lowest BCUT2D eigenvalue weighted by molar-refractivity contribution is -0.385. The molecule has 2 N–H and O–H groups in total. The first-order chi connectivity index (χ1) is 17.3. The second-order valence-electron chi connectivity index (χ2n) is 8.57. The molecule has 36 heavy (non-hydrogen) atoms. The van der Waals surface area contributed by atoms with Crippen LogP contribution in [0.25, 0.3) is 0 Å². The van der Waals surface area contributed by atoms with Crippen LogP contribution >= 0.6 is 23.8 Å². The molecule has 4 rings (SSSR count). The summed E-state index contributed by atoms with van der Waals surface area (Å²) in [5.41, 5.74) is 3.53. The Labute approximate surface area is 220 Å². The Hall–Kier alpha value is -3.53. The van der Waals surface area contributed by atoms with E-state index in [0.29, 0.717) is 5.56 Å². The van der Waals surface area contributed by atoms with Gasteiger partial charge >= 0.3 is 0 Å². The molecule has 3 aromatic carbocycles. The fraction of sp³-hybridized carbons (Fsp3) is 0.231. The molecule has 10 heteroatoms. The Bertz CT molecular complexity index is 1280. The summed E-state index contributed by atoms with van der Waals surface area (Å²) in [4.78, 5) is 27.8. The lowest BCUT2D eigenvalue weighted by atomic mass is 10.1. The minimum atomic E-state index is -0.512. The second-order valence-corrected chi connectivity index (χ2v) is 9.38. The van der Waals surface area contributed by atoms with Crippen LogP contribution < -0.4 is 15.5 Å². The molecule has 186 valence electrons. The van der Waals surface area contributed by atoms with Gasteiger partial charge < -0.3 is 10.2 Å². The highest BCUT2D eigenvalue weighted by Crippen LogP contribution is 2.22. The molecule has 0 saturated carbocycles.